The van der Waals surface area contributed by atoms with Crippen LogP contribution in [0, 0.1) is 17.7 Å². The Morgan fingerprint density at radius 3 is 2.37 bits per heavy atom. The van der Waals surface area contributed by atoms with E-state index < -0.39 is 11.8 Å². The fourth-order valence-corrected chi connectivity index (χ4v) is 2.74. The summed E-state index contributed by atoms with van der Waals surface area (Å²) in [4.78, 5) is 11.0. The largest absolute Gasteiger partial charge is 0.478 e. The van der Waals surface area contributed by atoms with E-state index in [9.17, 15) is 9.18 Å². The van der Waals surface area contributed by atoms with Crippen molar-refractivity contribution in [1.82, 2.24) is 0 Å². The maximum absolute atomic E-state index is 13.5. The third-order valence-corrected chi connectivity index (χ3v) is 4.02. The first-order valence-electron chi connectivity index (χ1n) is 6.70. The number of rotatable bonds is 3. The molecule has 0 aromatic heterocycles. The monoisotopic (exact) mass is 262 g/mol. The maximum Gasteiger partial charge on any atom is 0.335 e. The lowest BCUT2D eigenvalue weighted by molar-refractivity contribution is 0.0696. The van der Waals surface area contributed by atoms with Crippen molar-refractivity contribution in [1.29, 1.82) is 0 Å². The highest BCUT2D eigenvalue weighted by Gasteiger charge is 2.22. The molecular weight excluding hydrogens is 243 g/mol. The highest BCUT2D eigenvalue weighted by Crippen LogP contribution is 2.36. The molecule has 3 heteroatoms. The zero-order valence-corrected chi connectivity index (χ0v) is 11.2. The average Bonchev–Trinajstić information content (AvgIpc) is 2.38. The number of hydrogen-bond acceptors (Lipinski definition) is 1. The molecule has 1 saturated carbocycles. The molecule has 1 aromatic carbocycles. The van der Waals surface area contributed by atoms with E-state index in [0.29, 0.717) is 11.5 Å². The first kappa shape index (κ1) is 13.8. The molecular formula is C16H19FO2. The average molecular weight is 262 g/mol. The fraction of sp³-hybridized carbons (Fsp3) is 0.438. The van der Waals surface area contributed by atoms with Gasteiger partial charge in [0, 0.05) is 0 Å². The van der Waals surface area contributed by atoms with E-state index in [1.54, 1.807) is 0 Å². The third kappa shape index (κ3) is 3.22. The van der Waals surface area contributed by atoms with Gasteiger partial charge in [0.2, 0.25) is 0 Å². The molecule has 1 aliphatic carbocycles. The molecule has 0 aliphatic heterocycles. The Hall–Kier alpha value is -1.64. The van der Waals surface area contributed by atoms with Crippen molar-refractivity contribution in [2.45, 2.75) is 32.6 Å². The van der Waals surface area contributed by atoms with Crippen LogP contribution < -0.4 is 0 Å². The number of carboxylic acid groups (broad SMARTS) is 1. The van der Waals surface area contributed by atoms with Crippen LogP contribution in [-0.4, -0.2) is 11.1 Å². The number of hydrogen-bond donors (Lipinski definition) is 1. The Kier molecular flexibility index (Phi) is 4.03. The van der Waals surface area contributed by atoms with Crippen LogP contribution in [0.15, 0.2) is 24.8 Å². The van der Waals surface area contributed by atoms with E-state index in [2.05, 4.69) is 13.5 Å². The molecule has 1 aromatic rings. The van der Waals surface area contributed by atoms with E-state index in [4.69, 9.17) is 5.11 Å². The van der Waals surface area contributed by atoms with Gasteiger partial charge in [0.1, 0.15) is 5.82 Å². The molecule has 0 spiro atoms. The number of carboxylic acids is 1. The van der Waals surface area contributed by atoms with Crippen LogP contribution in [0.1, 0.15) is 48.5 Å². The molecule has 2 nitrogen and oxygen atoms in total. The van der Waals surface area contributed by atoms with Crippen molar-refractivity contribution in [3.63, 3.8) is 0 Å². The lowest BCUT2D eigenvalue weighted by Crippen LogP contribution is -2.13. The van der Waals surface area contributed by atoms with Gasteiger partial charge in [0.25, 0.3) is 0 Å². The van der Waals surface area contributed by atoms with Gasteiger partial charge in [0.05, 0.1) is 5.56 Å². The van der Waals surface area contributed by atoms with E-state index in [-0.39, 0.29) is 5.56 Å². The summed E-state index contributed by atoms with van der Waals surface area (Å²) in [6.45, 7) is 6.30. The van der Waals surface area contributed by atoms with Crippen LogP contribution in [0.4, 0.5) is 4.39 Å². The van der Waals surface area contributed by atoms with Crippen molar-refractivity contribution in [3.05, 3.63) is 41.7 Å². The molecule has 1 aliphatic rings. The van der Waals surface area contributed by atoms with Crippen LogP contribution in [-0.2, 0) is 0 Å². The number of allylic oxidation sites excluding steroid dienone is 1. The molecule has 0 saturated heterocycles. The first-order valence-corrected chi connectivity index (χ1v) is 6.70. The van der Waals surface area contributed by atoms with Crippen LogP contribution in [0.3, 0.4) is 0 Å². The second-order valence-electron chi connectivity index (χ2n) is 5.52. The minimum absolute atomic E-state index is 0.0136. The minimum Gasteiger partial charge on any atom is -0.478 e. The first-order chi connectivity index (χ1) is 8.97. The predicted molar refractivity (Wildman–Crippen MR) is 73.5 cm³/mol. The summed E-state index contributed by atoms with van der Waals surface area (Å²) in [7, 11) is 0. The normalized spacial score (nSPS) is 23.1. The minimum atomic E-state index is -1.11. The van der Waals surface area contributed by atoms with Gasteiger partial charge < -0.3 is 5.11 Å². The van der Waals surface area contributed by atoms with E-state index in [0.717, 1.165) is 43.2 Å². The summed E-state index contributed by atoms with van der Waals surface area (Å²) in [6, 6.07) is 3.95. The molecule has 0 unspecified atom stereocenters. The Balaban J connectivity index is 2.21. The van der Waals surface area contributed by atoms with Crippen LogP contribution in [0.2, 0.25) is 0 Å². The van der Waals surface area contributed by atoms with Gasteiger partial charge in [-0.2, -0.15) is 0 Å². The Morgan fingerprint density at radius 2 is 1.79 bits per heavy atom. The molecule has 102 valence electrons. The van der Waals surface area contributed by atoms with Crippen molar-refractivity contribution in [3.8, 4) is 0 Å². The molecule has 0 radical (unpaired) electrons. The highest BCUT2D eigenvalue weighted by atomic mass is 19.1. The molecule has 0 bridgehead atoms. The van der Waals surface area contributed by atoms with E-state index >= 15 is 0 Å². The molecule has 0 heterocycles. The molecule has 1 fully saturated rings. The van der Waals surface area contributed by atoms with Gasteiger partial charge in [-0.05, 0) is 54.0 Å². The summed E-state index contributed by atoms with van der Waals surface area (Å²) in [5.74, 6) is -0.531. The zero-order chi connectivity index (χ0) is 14.0. The smallest absolute Gasteiger partial charge is 0.335 e. The summed E-state index contributed by atoms with van der Waals surface area (Å²) >= 11 is 0. The predicted octanol–water partition coefficient (Wildman–Crippen LogP) is 4.36. The van der Waals surface area contributed by atoms with Crippen molar-refractivity contribution in [2.75, 3.05) is 0 Å². The van der Waals surface area contributed by atoms with Crippen LogP contribution >= 0.6 is 0 Å². The number of aromatic carboxylic acids is 1. The SMILES string of the molecule is C=C(c1cc(F)cc(C(=O)O)c1)C1CCC(C)CC1. The Morgan fingerprint density at radius 1 is 1.21 bits per heavy atom. The number of halogens is 1. The number of carbonyl (C=O) groups is 1. The maximum atomic E-state index is 13.5. The Bertz CT molecular complexity index is 499. The topological polar surface area (TPSA) is 37.3 Å². The number of benzene rings is 1. The Labute approximate surface area is 113 Å². The summed E-state index contributed by atoms with van der Waals surface area (Å²) in [5, 5.41) is 8.96. The van der Waals surface area contributed by atoms with E-state index in [1.165, 1.54) is 12.1 Å². The van der Waals surface area contributed by atoms with Crippen molar-refractivity contribution < 1.29 is 14.3 Å². The van der Waals surface area contributed by atoms with Gasteiger partial charge >= 0.3 is 5.97 Å². The van der Waals surface area contributed by atoms with Gasteiger partial charge in [-0.25, -0.2) is 9.18 Å². The van der Waals surface area contributed by atoms with Crippen LogP contribution in [0.5, 0.6) is 0 Å². The molecule has 0 atom stereocenters. The lowest BCUT2D eigenvalue weighted by Gasteiger charge is -2.28. The molecule has 1 N–H and O–H groups in total. The summed E-state index contributed by atoms with van der Waals surface area (Å²) < 4.78 is 13.5. The van der Waals surface area contributed by atoms with Gasteiger partial charge in [-0.1, -0.05) is 26.3 Å². The third-order valence-electron chi connectivity index (χ3n) is 4.02. The van der Waals surface area contributed by atoms with Gasteiger partial charge in [0.15, 0.2) is 0 Å². The second-order valence-corrected chi connectivity index (χ2v) is 5.52. The zero-order valence-electron chi connectivity index (χ0n) is 11.2. The summed E-state index contributed by atoms with van der Waals surface area (Å²) in [5.41, 5.74) is 1.48. The fourth-order valence-electron chi connectivity index (χ4n) is 2.74. The lowest BCUT2D eigenvalue weighted by atomic mass is 9.77. The molecule has 19 heavy (non-hydrogen) atoms. The highest BCUT2D eigenvalue weighted by molar-refractivity contribution is 5.89. The second kappa shape index (κ2) is 5.55. The molecule has 2 rings (SSSR count). The molecule has 0 amide bonds. The summed E-state index contributed by atoms with van der Waals surface area (Å²) in [6.07, 6.45) is 4.42. The van der Waals surface area contributed by atoms with Gasteiger partial charge in [-0.3, -0.25) is 0 Å². The van der Waals surface area contributed by atoms with E-state index in [1.807, 2.05) is 0 Å². The van der Waals surface area contributed by atoms with Crippen LogP contribution in [0.25, 0.3) is 5.57 Å². The standard InChI is InChI=1S/C16H19FO2/c1-10-3-5-12(6-4-10)11(2)13-7-14(16(18)19)9-15(17)8-13/h7-10,12H,2-6H2,1H3,(H,18,19). The quantitative estimate of drug-likeness (QED) is 0.878. The van der Waals surface area contributed by atoms with Crippen molar-refractivity contribution in [2.24, 2.45) is 11.8 Å². The van der Waals surface area contributed by atoms with Crippen molar-refractivity contribution >= 4 is 11.5 Å². The van der Waals surface area contributed by atoms with Gasteiger partial charge in [-0.15, -0.1) is 0 Å².